The number of hydrogen-bond donors (Lipinski definition) is 2. The van der Waals surface area contributed by atoms with Crippen molar-refractivity contribution in [1.82, 2.24) is 29.8 Å². The average Bonchev–Trinajstić information content (AvgIpc) is 3.11. The molecule has 0 saturated heterocycles. The number of aromatic amines is 2. The van der Waals surface area contributed by atoms with E-state index >= 15 is 0 Å². The smallest absolute Gasteiger partial charge is 0.255 e. The Kier molecular flexibility index (Phi) is 3.79. The summed E-state index contributed by atoms with van der Waals surface area (Å²) in [4.78, 5) is 33.9. The molecule has 4 aromatic rings. The quantitative estimate of drug-likeness (QED) is 0.586. The Hall–Kier alpha value is -3.32. The summed E-state index contributed by atoms with van der Waals surface area (Å²) in [5, 5.41) is 1.21. The van der Waals surface area contributed by atoms with Crippen molar-refractivity contribution >= 4 is 10.9 Å². The number of hydrogen-bond acceptors (Lipinski definition) is 5. The number of rotatable bonds is 3. The summed E-state index contributed by atoms with van der Waals surface area (Å²) in [5.41, 5.74) is 4.54. The van der Waals surface area contributed by atoms with Gasteiger partial charge in [-0.2, -0.15) is 0 Å². The molecular formula is C20H18N6O. The number of nitrogens with one attached hydrogen (secondary N) is 2. The normalized spacial score (nSPS) is 14.4. The molecule has 27 heavy (non-hydrogen) atoms. The monoisotopic (exact) mass is 358 g/mol. The molecule has 7 nitrogen and oxygen atoms in total. The lowest BCUT2D eigenvalue weighted by Gasteiger charge is -2.27. The lowest BCUT2D eigenvalue weighted by Crippen LogP contribution is -2.35. The van der Waals surface area contributed by atoms with Crippen LogP contribution in [0.2, 0.25) is 0 Å². The molecular weight excluding hydrogens is 340 g/mol. The Morgan fingerprint density at radius 1 is 1.11 bits per heavy atom. The SMILES string of the molecule is O=c1[nH]c(-c2cncnc2)nc2c1CN(Cc1cc3ccccc3[nH]1)CC2. The summed E-state index contributed by atoms with van der Waals surface area (Å²) < 4.78 is 0. The Morgan fingerprint density at radius 3 is 2.81 bits per heavy atom. The van der Waals surface area contributed by atoms with Crippen LogP contribution in [0.5, 0.6) is 0 Å². The number of H-pyrrole nitrogens is 2. The highest BCUT2D eigenvalue weighted by Gasteiger charge is 2.22. The number of nitrogens with zero attached hydrogens (tertiary/aromatic N) is 4. The summed E-state index contributed by atoms with van der Waals surface area (Å²) in [6.45, 7) is 2.24. The van der Waals surface area contributed by atoms with Gasteiger partial charge in [-0.1, -0.05) is 18.2 Å². The van der Waals surface area contributed by atoms with Crippen LogP contribution >= 0.6 is 0 Å². The van der Waals surface area contributed by atoms with Gasteiger partial charge >= 0.3 is 0 Å². The van der Waals surface area contributed by atoms with Gasteiger partial charge in [-0.3, -0.25) is 9.69 Å². The highest BCUT2D eigenvalue weighted by molar-refractivity contribution is 5.80. The fourth-order valence-corrected chi connectivity index (χ4v) is 3.63. The number of para-hydroxylation sites is 1. The van der Waals surface area contributed by atoms with Crippen LogP contribution in [-0.4, -0.2) is 36.4 Å². The highest BCUT2D eigenvalue weighted by atomic mass is 16.1. The van der Waals surface area contributed by atoms with Crippen molar-refractivity contribution in [3.63, 3.8) is 0 Å². The van der Waals surface area contributed by atoms with E-state index in [-0.39, 0.29) is 5.56 Å². The summed E-state index contributed by atoms with van der Waals surface area (Å²) >= 11 is 0. The molecule has 0 spiro atoms. The first-order chi connectivity index (χ1) is 13.3. The van der Waals surface area contributed by atoms with E-state index in [1.165, 1.54) is 11.7 Å². The molecule has 0 amide bonds. The van der Waals surface area contributed by atoms with E-state index in [0.717, 1.165) is 47.5 Å². The van der Waals surface area contributed by atoms with Gasteiger partial charge in [0.2, 0.25) is 0 Å². The van der Waals surface area contributed by atoms with Gasteiger partial charge in [-0.15, -0.1) is 0 Å². The molecule has 1 aliphatic rings. The first kappa shape index (κ1) is 15.9. The standard InChI is InChI=1S/C20H18N6O/c27-20-16-11-26(10-15-7-13-3-1-2-4-17(13)23-15)6-5-18(16)24-19(25-20)14-8-21-12-22-9-14/h1-4,7-9,12,23H,5-6,10-11H2,(H,24,25,27). The van der Waals surface area contributed by atoms with Crippen molar-refractivity contribution in [2.75, 3.05) is 6.54 Å². The van der Waals surface area contributed by atoms with Gasteiger partial charge in [0.05, 0.1) is 16.8 Å². The van der Waals surface area contributed by atoms with Crippen molar-refractivity contribution < 1.29 is 0 Å². The fourth-order valence-electron chi connectivity index (χ4n) is 3.63. The molecule has 4 heterocycles. The predicted molar refractivity (Wildman–Crippen MR) is 102 cm³/mol. The van der Waals surface area contributed by atoms with E-state index in [2.05, 4.69) is 48.0 Å². The average molecular weight is 358 g/mol. The van der Waals surface area contributed by atoms with Crippen molar-refractivity contribution in [2.24, 2.45) is 0 Å². The van der Waals surface area contributed by atoms with Crippen LogP contribution in [0, 0.1) is 0 Å². The summed E-state index contributed by atoms with van der Waals surface area (Å²) in [5.74, 6) is 0.531. The second-order valence-electron chi connectivity index (χ2n) is 6.81. The zero-order valence-corrected chi connectivity index (χ0v) is 14.6. The van der Waals surface area contributed by atoms with E-state index < -0.39 is 0 Å². The van der Waals surface area contributed by atoms with Gasteiger partial charge in [0.25, 0.3) is 5.56 Å². The first-order valence-electron chi connectivity index (χ1n) is 8.93. The third kappa shape index (κ3) is 3.02. The van der Waals surface area contributed by atoms with Crippen LogP contribution in [-0.2, 0) is 19.5 Å². The predicted octanol–water partition coefficient (Wildman–Crippen LogP) is 2.27. The molecule has 0 unspecified atom stereocenters. The molecule has 0 saturated carbocycles. The van der Waals surface area contributed by atoms with E-state index in [1.807, 2.05) is 12.1 Å². The van der Waals surface area contributed by atoms with Crippen molar-refractivity contribution in [3.8, 4) is 11.4 Å². The number of fused-ring (bicyclic) bond motifs is 2. The first-order valence-corrected chi connectivity index (χ1v) is 8.93. The summed E-state index contributed by atoms with van der Waals surface area (Å²) in [7, 11) is 0. The lowest BCUT2D eigenvalue weighted by atomic mass is 10.1. The van der Waals surface area contributed by atoms with E-state index in [4.69, 9.17) is 0 Å². The maximum absolute atomic E-state index is 12.6. The van der Waals surface area contributed by atoms with Crippen LogP contribution in [0.4, 0.5) is 0 Å². The number of benzene rings is 1. The molecule has 1 aromatic carbocycles. The molecule has 0 fully saturated rings. The van der Waals surface area contributed by atoms with Gasteiger partial charge in [0, 0.05) is 49.7 Å². The zero-order valence-electron chi connectivity index (χ0n) is 14.6. The third-order valence-electron chi connectivity index (χ3n) is 4.96. The molecule has 3 aromatic heterocycles. The Morgan fingerprint density at radius 2 is 1.96 bits per heavy atom. The minimum atomic E-state index is -0.0831. The van der Waals surface area contributed by atoms with Crippen molar-refractivity contribution in [3.05, 3.63) is 76.4 Å². The van der Waals surface area contributed by atoms with E-state index in [1.54, 1.807) is 12.4 Å². The van der Waals surface area contributed by atoms with Crippen LogP contribution in [0.25, 0.3) is 22.3 Å². The zero-order chi connectivity index (χ0) is 18.2. The van der Waals surface area contributed by atoms with Crippen molar-refractivity contribution in [2.45, 2.75) is 19.5 Å². The second-order valence-corrected chi connectivity index (χ2v) is 6.81. The van der Waals surface area contributed by atoms with Crippen LogP contribution in [0.15, 0.2) is 53.8 Å². The van der Waals surface area contributed by atoms with Gasteiger partial charge in [-0.05, 0) is 17.5 Å². The summed E-state index contributed by atoms with van der Waals surface area (Å²) in [6, 6.07) is 10.4. The van der Waals surface area contributed by atoms with Gasteiger partial charge in [0.1, 0.15) is 12.2 Å². The maximum atomic E-state index is 12.6. The van der Waals surface area contributed by atoms with E-state index in [9.17, 15) is 4.79 Å². The van der Waals surface area contributed by atoms with Crippen LogP contribution in [0.3, 0.4) is 0 Å². The Labute approximate surface area is 155 Å². The maximum Gasteiger partial charge on any atom is 0.255 e. The van der Waals surface area contributed by atoms with Gasteiger partial charge in [0.15, 0.2) is 0 Å². The van der Waals surface area contributed by atoms with Gasteiger partial charge < -0.3 is 9.97 Å². The molecule has 0 aliphatic carbocycles. The largest absolute Gasteiger partial charge is 0.357 e. The van der Waals surface area contributed by atoms with Crippen molar-refractivity contribution in [1.29, 1.82) is 0 Å². The minimum absolute atomic E-state index is 0.0831. The fraction of sp³-hybridized carbons (Fsp3) is 0.200. The van der Waals surface area contributed by atoms with Gasteiger partial charge in [-0.25, -0.2) is 15.0 Å². The Bertz CT molecular complexity index is 1130. The van der Waals surface area contributed by atoms with Crippen LogP contribution < -0.4 is 5.56 Å². The third-order valence-corrected chi connectivity index (χ3v) is 4.96. The molecule has 2 N–H and O–H groups in total. The molecule has 0 radical (unpaired) electrons. The molecule has 0 bridgehead atoms. The number of aromatic nitrogens is 5. The molecule has 134 valence electrons. The lowest BCUT2D eigenvalue weighted by molar-refractivity contribution is 0.239. The summed E-state index contributed by atoms with van der Waals surface area (Å²) in [6.07, 6.45) is 5.52. The van der Waals surface area contributed by atoms with Crippen LogP contribution in [0.1, 0.15) is 17.0 Å². The molecule has 5 rings (SSSR count). The molecule has 1 aliphatic heterocycles. The second kappa shape index (κ2) is 6.44. The minimum Gasteiger partial charge on any atom is -0.357 e. The molecule has 7 heteroatoms. The highest BCUT2D eigenvalue weighted by Crippen LogP contribution is 2.21. The molecule has 0 atom stereocenters. The van der Waals surface area contributed by atoms with E-state index in [0.29, 0.717) is 12.4 Å². The Balaban J connectivity index is 1.40. The topological polar surface area (TPSA) is 90.6 Å².